The molecule has 216 valence electrons. The fourth-order valence-electron chi connectivity index (χ4n) is 1.61. The first-order chi connectivity index (χ1) is 15.1. The van der Waals surface area contributed by atoms with Crippen LogP contribution in [0.5, 0.6) is 0 Å². The third-order valence-corrected chi connectivity index (χ3v) is 8.17. The van der Waals surface area contributed by atoms with Crippen molar-refractivity contribution in [2.75, 3.05) is 0 Å². The third kappa shape index (κ3) is 54.7. The SMILES string of the molecule is CC(C)(C)[I+]c1ccccc1.CC(C)(C)[I+]c1ccccc1.F[P-](F)(F)(F)(F)F.F[P-](F)(F)(F)(F)F. The van der Waals surface area contributed by atoms with E-state index in [-0.39, 0.29) is 42.4 Å². The van der Waals surface area contributed by atoms with Gasteiger partial charge < -0.3 is 0 Å². The number of hydrogen-bond donors (Lipinski definition) is 0. The Labute approximate surface area is 223 Å². The summed E-state index contributed by atoms with van der Waals surface area (Å²) < 4.78 is 122. The van der Waals surface area contributed by atoms with Crippen LogP contribution >= 0.6 is 15.6 Å². The Bertz CT molecular complexity index is 813. The van der Waals surface area contributed by atoms with E-state index in [2.05, 4.69) is 102 Å². The molecular formula is C20H28F12I2P2. The molecular weight excluding hydrogens is 784 g/mol. The summed E-state index contributed by atoms with van der Waals surface area (Å²) >= 11 is 0.367. The molecule has 16 heteroatoms. The third-order valence-electron chi connectivity index (χ3n) is 2.25. The fourth-order valence-corrected chi connectivity index (χ4v) is 6.90. The number of benzene rings is 2. The molecule has 0 aliphatic heterocycles. The summed E-state index contributed by atoms with van der Waals surface area (Å²) in [5, 5.41) is 0. The van der Waals surface area contributed by atoms with E-state index in [0.29, 0.717) is 6.84 Å². The first kappa shape index (κ1) is 38.1. The Morgan fingerprint density at radius 3 is 0.722 bits per heavy atom. The monoisotopic (exact) mass is 812 g/mol. The number of hydrogen-bond acceptors (Lipinski definition) is 0. The van der Waals surface area contributed by atoms with Crippen molar-refractivity contribution in [2.45, 2.75) is 48.4 Å². The van der Waals surface area contributed by atoms with Gasteiger partial charge in [-0.05, 0) is 65.8 Å². The van der Waals surface area contributed by atoms with Gasteiger partial charge in [-0.3, -0.25) is 0 Å². The second-order valence-electron chi connectivity index (χ2n) is 8.83. The molecule has 0 saturated carbocycles. The van der Waals surface area contributed by atoms with Gasteiger partial charge in [0, 0.05) is 0 Å². The quantitative estimate of drug-likeness (QED) is 0.146. The van der Waals surface area contributed by atoms with Crippen LogP contribution in [-0.4, -0.2) is 6.84 Å². The molecule has 0 aliphatic rings. The minimum atomic E-state index is -10.7. The van der Waals surface area contributed by atoms with Gasteiger partial charge in [-0.25, -0.2) is 0 Å². The van der Waals surface area contributed by atoms with Gasteiger partial charge in [0.2, 0.25) is 0 Å². The van der Waals surface area contributed by atoms with E-state index in [4.69, 9.17) is 0 Å². The first-order valence-electron chi connectivity index (χ1n) is 9.61. The molecule has 0 aromatic heterocycles. The van der Waals surface area contributed by atoms with E-state index in [1.54, 1.807) is 7.14 Å². The van der Waals surface area contributed by atoms with Gasteiger partial charge in [0.05, 0.1) is 0 Å². The van der Waals surface area contributed by atoms with Gasteiger partial charge in [-0.15, -0.1) is 0 Å². The average Bonchev–Trinajstić information content (AvgIpc) is 2.48. The van der Waals surface area contributed by atoms with Crippen LogP contribution in [0.15, 0.2) is 60.7 Å². The van der Waals surface area contributed by atoms with Crippen molar-refractivity contribution in [3.05, 3.63) is 67.8 Å². The Morgan fingerprint density at radius 1 is 0.417 bits per heavy atom. The summed E-state index contributed by atoms with van der Waals surface area (Å²) in [7, 11) is -21.3. The zero-order valence-corrected chi connectivity index (χ0v) is 26.1. The molecule has 0 fully saturated rings. The molecule has 0 amide bonds. The van der Waals surface area contributed by atoms with Gasteiger partial charge in [-0.2, -0.15) is 0 Å². The Hall–Kier alpha value is -0.0800. The predicted molar refractivity (Wildman–Crippen MR) is 117 cm³/mol. The molecule has 0 saturated heterocycles. The molecule has 0 radical (unpaired) electrons. The molecule has 0 N–H and O–H groups in total. The topological polar surface area (TPSA) is 0 Å². The Balaban J connectivity index is 0. The predicted octanol–water partition coefficient (Wildman–Crippen LogP) is 6.25. The van der Waals surface area contributed by atoms with Crippen molar-refractivity contribution < 1.29 is 92.8 Å². The minimum absolute atomic E-state index is 0.184. The summed E-state index contributed by atoms with van der Waals surface area (Å²) in [6.07, 6.45) is 0. The van der Waals surface area contributed by atoms with E-state index in [9.17, 15) is 50.4 Å². The zero-order valence-electron chi connectivity index (χ0n) is 20.0. The maximum absolute atomic E-state index is 10.7. The summed E-state index contributed by atoms with van der Waals surface area (Å²) in [5.74, 6) is 0. The van der Waals surface area contributed by atoms with Crippen molar-refractivity contribution in [3.8, 4) is 0 Å². The maximum atomic E-state index is 9.87. The van der Waals surface area contributed by atoms with Gasteiger partial charge in [0.1, 0.15) is 0 Å². The van der Waals surface area contributed by atoms with Crippen molar-refractivity contribution in [1.82, 2.24) is 0 Å². The number of alkyl halides is 2. The first-order valence-corrected chi connectivity index (χ1v) is 18.0. The number of halogens is 14. The van der Waals surface area contributed by atoms with E-state index < -0.39 is 15.6 Å². The molecule has 0 atom stereocenters. The average molecular weight is 812 g/mol. The van der Waals surface area contributed by atoms with Crippen LogP contribution in [-0.2, 0) is 0 Å². The van der Waals surface area contributed by atoms with Crippen LogP contribution in [0.3, 0.4) is 0 Å². The van der Waals surface area contributed by atoms with Crippen LogP contribution in [0.4, 0.5) is 50.4 Å². The molecule has 0 heterocycles. The molecule has 2 rings (SSSR count). The van der Waals surface area contributed by atoms with E-state index in [0.717, 1.165) is 0 Å². The van der Waals surface area contributed by atoms with E-state index >= 15 is 0 Å². The zero-order chi connectivity index (χ0) is 29.5. The summed E-state index contributed by atoms with van der Waals surface area (Å²) in [5.41, 5.74) is 0. The van der Waals surface area contributed by atoms with Crippen molar-refractivity contribution >= 4 is 15.6 Å². The van der Waals surface area contributed by atoms with Gasteiger partial charge in [0.15, 0.2) is 14.0 Å². The Morgan fingerprint density at radius 2 is 0.583 bits per heavy atom. The molecule has 0 nitrogen and oxygen atoms in total. The molecule has 2 aromatic rings. The molecule has 0 bridgehead atoms. The van der Waals surface area contributed by atoms with Crippen LogP contribution in [0.2, 0.25) is 0 Å². The van der Waals surface area contributed by atoms with Crippen LogP contribution in [0, 0.1) is 7.14 Å². The molecule has 36 heavy (non-hydrogen) atoms. The normalized spacial score (nSPS) is 16.1. The standard InChI is InChI=1S/2C10H14I.2F6P/c2*1-10(2,3)11-9-7-5-4-6-8-9;2*1-7(2,3,4,5)6/h2*4-8H,1-3H3;;/q2*+1;2*-1. The second kappa shape index (κ2) is 11.2. The van der Waals surface area contributed by atoms with Gasteiger partial charge >= 0.3 is 108 Å². The Kier molecular flexibility index (Phi) is 11.8. The van der Waals surface area contributed by atoms with Crippen LogP contribution in [0.25, 0.3) is 0 Å². The molecule has 0 unspecified atom stereocenters. The molecule has 0 aliphatic carbocycles. The fraction of sp³-hybridized carbons (Fsp3) is 0.400. The van der Waals surface area contributed by atoms with Crippen molar-refractivity contribution in [1.29, 1.82) is 0 Å². The van der Waals surface area contributed by atoms with Gasteiger partial charge in [0.25, 0.3) is 0 Å². The van der Waals surface area contributed by atoms with Gasteiger partial charge in [-0.1, -0.05) is 36.4 Å². The summed E-state index contributed by atoms with van der Waals surface area (Å²) in [4.78, 5) is 0. The second-order valence-corrected chi connectivity index (χ2v) is 22.7. The van der Waals surface area contributed by atoms with Crippen molar-refractivity contribution in [3.63, 3.8) is 0 Å². The summed E-state index contributed by atoms with van der Waals surface area (Å²) in [6, 6.07) is 21.6. The van der Waals surface area contributed by atoms with Crippen LogP contribution in [0.1, 0.15) is 41.5 Å². The summed E-state index contributed by atoms with van der Waals surface area (Å²) in [6.45, 7) is 13.9. The molecule has 0 spiro atoms. The molecule has 2 aromatic carbocycles. The van der Waals surface area contributed by atoms with Crippen molar-refractivity contribution in [2.24, 2.45) is 0 Å². The van der Waals surface area contributed by atoms with E-state index in [1.165, 1.54) is 0 Å². The van der Waals surface area contributed by atoms with E-state index in [1.807, 2.05) is 0 Å². The van der Waals surface area contributed by atoms with Crippen LogP contribution < -0.4 is 42.4 Å². The number of rotatable bonds is 2.